The Morgan fingerprint density at radius 3 is 2.37 bits per heavy atom. The third-order valence-electron chi connectivity index (χ3n) is 3.06. The van der Waals surface area contributed by atoms with Crippen LogP contribution in [0.1, 0.15) is 32.9 Å². The molecule has 1 aromatic heterocycles. The first-order chi connectivity index (χ1) is 8.62. The SMILES string of the molecule is CC(C)CC(C)N(C)c1cc(C(F)(F)F)ncc1N. The first kappa shape index (κ1) is 15.6. The van der Waals surface area contributed by atoms with E-state index in [0.29, 0.717) is 11.6 Å². The molecule has 1 aromatic rings. The molecule has 108 valence electrons. The third-order valence-corrected chi connectivity index (χ3v) is 3.06. The molecule has 0 aliphatic heterocycles. The van der Waals surface area contributed by atoms with Crippen LogP contribution in [0.25, 0.3) is 0 Å². The summed E-state index contributed by atoms with van der Waals surface area (Å²) in [5, 5.41) is 0. The largest absolute Gasteiger partial charge is 0.433 e. The van der Waals surface area contributed by atoms with Gasteiger partial charge in [-0.05, 0) is 25.3 Å². The fourth-order valence-electron chi connectivity index (χ4n) is 1.99. The van der Waals surface area contributed by atoms with Crippen LogP contribution < -0.4 is 10.6 Å². The number of pyridine rings is 1. The molecule has 0 fully saturated rings. The Labute approximate surface area is 111 Å². The van der Waals surface area contributed by atoms with Gasteiger partial charge < -0.3 is 10.6 Å². The van der Waals surface area contributed by atoms with Crippen LogP contribution >= 0.6 is 0 Å². The lowest BCUT2D eigenvalue weighted by Gasteiger charge is -2.29. The first-order valence-electron chi connectivity index (χ1n) is 6.18. The maximum absolute atomic E-state index is 12.7. The van der Waals surface area contributed by atoms with Crippen molar-refractivity contribution in [3.8, 4) is 0 Å². The van der Waals surface area contributed by atoms with Gasteiger partial charge in [-0.1, -0.05) is 13.8 Å². The predicted molar refractivity (Wildman–Crippen MR) is 71.0 cm³/mol. The molecular formula is C13H20F3N3. The van der Waals surface area contributed by atoms with Gasteiger partial charge >= 0.3 is 6.18 Å². The van der Waals surface area contributed by atoms with Gasteiger partial charge in [0.2, 0.25) is 0 Å². The minimum Gasteiger partial charge on any atom is -0.396 e. The number of anilines is 2. The highest BCUT2D eigenvalue weighted by Crippen LogP contribution is 2.33. The highest BCUT2D eigenvalue weighted by atomic mass is 19.4. The van der Waals surface area contributed by atoms with Crippen molar-refractivity contribution in [1.82, 2.24) is 4.98 Å². The number of aromatic nitrogens is 1. The zero-order chi connectivity index (χ0) is 14.8. The van der Waals surface area contributed by atoms with E-state index in [1.54, 1.807) is 11.9 Å². The standard InChI is InChI=1S/C13H20F3N3/c1-8(2)5-9(3)19(4)11-6-12(13(14,15)16)18-7-10(11)17/h6-9H,5,17H2,1-4H3. The minimum absolute atomic E-state index is 0.103. The molecule has 0 saturated heterocycles. The van der Waals surface area contributed by atoms with Crippen LogP contribution in [0.4, 0.5) is 24.5 Å². The van der Waals surface area contributed by atoms with Gasteiger partial charge in [0.1, 0.15) is 5.69 Å². The van der Waals surface area contributed by atoms with Crippen molar-refractivity contribution in [2.24, 2.45) is 5.92 Å². The summed E-state index contributed by atoms with van der Waals surface area (Å²) in [6, 6.07) is 1.11. The molecule has 3 nitrogen and oxygen atoms in total. The van der Waals surface area contributed by atoms with Crippen LogP contribution in [0.5, 0.6) is 0 Å². The number of nitrogens with zero attached hydrogens (tertiary/aromatic N) is 2. The second-order valence-corrected chi connectivity index (χ2v) is 5.22. The van der Waals surface area contributed by atoms with E-state index in [9.17, 15) is 13.2 Å². The van der Waals surface area contributed by atoms with Gasteiger partial charge in [0.15, 0.2) is 0 Å². The van der Waals surface area contributed by atoms with Crippen molar-refractivity contribution in [1.29, 1.82) is 0 Å². The fraction of sp³-hybridized carbons (Fsp3) is 0.615. The number of rotatable bonds is 4. The summed E-state index contributed by atoms with van der Waals surface area (Å²) in [5.74, 6) is 0.461. The molecule has 19 heavy (non-hydrogen) atoms. The van der Waals surface area contributed by atoms with Gasteiger partial charge in [0, 0.05) is 13.1 Å². The van der Waals surface area contributed by atoms with Crippen molar-refractivity contribution in [3.63, 3.8) is 0 Å². The third kappa shape index (κ3) is 4.01. The maximum atomic E-state index is 12.7. The number of alkyl halides is 3. The summed E-state index contributed by atoms with van der Waals surface area (Å²) >= 11 is 0. The Balaban J connectivity index is 3.05. The number of hydrogen-bond acceptors (Lipinski definition) is 3. The normalized spacial score (nSPS) is 13.7. The van der Waals surface area contributed by atoms with E-state index in [-0.39, 0.29) is 11.7 Å². The molecule has 0 aromatic carbocycles. The van der Waals surface area contributed by atoms with E-state index in [2.05, 4.69) is 18.8 Å². The fourth-order valence-corrected chi connectivity index (χ4v) is 1.99. The van der Waals surface area contributed by atoms with E-state index < -0.39 is 11.9 Å². The highest BCUT2D eigenvalue weighted by Gasteiger charge is 2.33. The maximum Gasteiger partial charge on any atom is 0.433 e. The molecule has 6 heteroatoms. The second kappa shape index (κ2) is 5.67. The van der Waals surface area contributed by atoms with Crippen molar-refractivity contribution >= 4 is 11.4 Å². The zero-order valence-corrected chi connectivity index (χ0v) is 11.6. The average molecular weight is 275 g/mol. The van der Waals surface area contributed by atoms with Gasteiger partial charge in [-0.2, -0.15) is 13.2 Å². The van der Waals surface area contributed by atoms with Crippen molar-refractivity contribution < 1.29 is 13.2 Å². The predicted octanol–water partition coefficient (Wildman–Crippen LogP) is 3.55. The molecule has 0 aliphatic rings. The molecule has 1 atom stereocenters. The lowest BCUT2D eigenvalue weighted by atomic mass is 10.0. The van der Waals surface area contributed by atoms with E-state index in [1.165, 1.54) is 0 Å². The van der Waals surface area contributed by atoms with Crippen LogP contribution in [0.3, 0.4) is 0 Å². The first-order valence-corrected chi connectivity index (χ1v) is 6.18. The smallest absolute Gasteiger partial charge is 0.396 e. The molecule has 1 unspecified atom stereocenters. The molecule has 1 rings (SSSR count). The highest BCUT2D eigenvalue weighted by molar-refractivity contribution is 5.67. The van der Waals surface area contributed by atoms with Crippen LogP contribution in [0.15, 0.2) is 12.3 Å². The quantitative estimate of drug-likeness (QED) is 0.913. The Bertz CT molecular complexity index is 430. The monoisotopic (exact) mass is 275 g/mol. The average Bonchev–Trinajstić information content (AvgIpc) is 2.26. The lowest BCUT2D eigenvalue weighted by Crippen LogP contribution is -2.31. The van der Waals surface area contributed by atoms with Crippen molar-refractivity contribution in [2.45, 2.75) is 39.4 Å². The van der Waals surface area contributed by atoms with Crippen LogP contribution in [-0.2, 0) is 6.18 Å². The van der Waals surface area contributed by atoms with Gasteiger partial charge in [-0.15, -0.1) is 0 Å². The van der Waals surface area contributed by atoms with E-state index in [4.69, 9.17) is 5.73 Å². The Morgan fingerprint density at radius 2 is 1.89 bits per heavy atom. The molecule has 0 amide bonds. The molecular weight excluding hydrogens is 255 g/mol. The molecule has 2 N–H and O–H groups in total. The number of halogens is 3. The molecule has 1 heterocycles. The Kier molecular flexibility index (Phi) is 4.66. The topological polar surface area (TPSA) is 42.2 Å². The van der Waals surface area contributed by atoms with Gasteiger partial charge in [0.05, 0.1) is 17.6 Å². The van der Waals surface area contributed by atoms with E-state index in [1.807, 2.05) is 6.92 Å². The van der Waals surface area contributed by atoms with Crippen LogP contribution in [0, 0.1) is 5.92 Å². The zero-order valence-electron chi connectivity index (χ0n) is 11.6. The summed E-state index contributed by atoms with van der Waals surface area (Å²) in [7, 11) is 1.75. The van der Waals surface area contributed by atoms with Crippen molar-refractivity contribution in [3.05, 3.63) is 18.0 Å². The van der Waals surface area contributed by atoms with Crippen LogP contribution in [0.2, 0.25) is 0 Å². The van der Waals surface area contributed by atoms with Gasteiger partial charge in [0.25, 0.3) is 0 Å². The lowest BCUT2D eigenvalue weighted by molar-refractivity contribution is -0.141. The van der Waals surface area contributed by atoms with Crippen LogP contribution in [-0.4, -0.2) is 18.1 Å². The summed E-state index contributed by atoms with van der Waals surface area (Å²) in [4.78, 5) is 5.11. The minimum atomic E-state index is -4.45. The van der Waals surface area contributed by atoms with Crippen molar-refractivity contribution in [2.75, 3.05) is 17.7 Å². The van der Waals surface area contributed by atoms with Gasteiger partial charge in [-0.25, -0.2) is 4.98 Å². The summed E-state index contributed by atoms with van der Waals surface area (Å²) in [6.07, 6.45) is -2.51. The molecule has 0 bridgehead atoms. The number of nitrogens with two attached hydrogens (primary N) is 1. The summed E-state index contributed by atoms with van der Waals surface area (Å²) in [5.41, 5.74) is 5.44. The number of nitrogen functional groups attached to an aromatic ring is 1. The second-order valence-electron chi connectivity index (χ2n) is 5.22. The van der Waals surface area contributed by atoms with E-state index in [0.717, 1.165) is 18.7 Å². The molecule has 0 aliphatic carbocycles. The summed E-state index contributed by atoms with van der Waals surface area (Å²) < 4.78 is 38.0. The Morgan fingerprint density at radius 1 is 1.32 bits per heavy atom. The summed E-state index contributed by atoms with van der Waals surface area (Å²) in [6.45, 7) is 6.11. The molecule has 0 saturated carbocycles. The van der Waals surface area contributed by atoms with Gasteiger partial charge in [-0.3, -0.25) is 0 Å². The number of hydrogen-bond donors (Lipinski definition) is 1. The molecule has 0 radical (unpaired) electrons. The van der Waals surface area contributed by atoms with E-state index >= 15 is 0 Å². The Hall–Kier alpha value is -1.46. The molecule has 0 spiro atoms.